The van der Waals surface area contributed by atoms with Gasteiger partial charge in [-0.2, -0.15) is 0 Å². The molecule has 0 aromatic heterocycles. The van der Waals surface area contributed by atoms with E-state index in [-0.39, 0.29) is 17.7 Å². The molecule has 0 heterocycles. The molecular weight excluding hydrogens is 310 g/mol. The number of aromatic hydroxyl groups is 1. The molecule has 134 valence electrons. The largest absolute Gasteiger partial charge is 0.508 e. The van der Waals surface area contributed by atoms with Gasteiger partial charge in [0.15, 0.2) is 0 Å². The molecule has 3 nitrogen and oxygen atoms in total. The molecule has 3 atom stereocenters. The molecule has 1 aliphatic rings. The van der Waals surface area contributed by atoms with E-state index in [1.807, 2.05) is 18.2 Å². The Labute approximate surface area is 150 Å². The van der Waals surface area contributed by atoms with Gasteiger partial charge in [0.1, 0.15) is 5.75 Å². The van der Waals surface area contributed by atoms with Crippen molar-refractivity contribution in [2.45, 2.75) is 43.7 Å². The fourth-order valence-electron chi connectivity index (χ4n) is 4.34. The maximum atomic E-state index is 11.7. The third-order valence-electron chi connectivity index (χ3n) is 5.72. The third kappa shape index (κ3) is 3.88. The van der Waals surface area contributed by atoms with Gasteiger partial charge in [-0.15, -0.1) is 0 Å². The van der Waals surface area contributed by atoms with Gasteiger partial charge in [0.25, 0.3) is 0 Å². The predicted molar refractivity (Wildman–Crippen MR) is 102 cm³/mol. The lowest BCUT2D eigenvalue weighted by Crippen LogP contribution is -2.50. The van der Waals surface area contributed by atoms with Crippen molar-refractivity contribution in [3.63, 3.8) is 0 Å². The van der Waals surface area contributed by atoms with Gasteiger partial charge in [0.05, 0.1) is 5.60 Å². The molecule has 3 rings (SSSR count). The van der Waals surface area contributed by atoms with E-state index in [9.17, 15) is 10.2 Å². The van der Waals surface area contributed by atoms with Crippen molar-refractivity contribution in [3.8, 4) is 5.75 Å². The summed E-state index contributed by atoms with van der Waals surface area (Å²) in [4.78, 5) is 2.26. The maximum absolute atomic E-state index is 11.7. The fraction of sp³-hybridized carbons (Fsp3) is 0.455. The number of phenolic OH excluding ortho intramolecular Hbond substituents is 1. The highest BCUT2D eigenvalue weighted by Gasteiger charge is 2.44. The van der Waals surface area contributed by atoms with E-state index in [0.29, 0.717) is 0 Å². The summed E-state index contributed by atoms with van der Waals surface area (Å²) in [6.45, 7) is 0. The maximum Gasteiger partial charge on any atom is 0.115 e. The highest BCUT2D eigenvalue weighted by Crippen LogP contribution is 2.45. The topological polar surface area (TPSA) is 43.7 Å². The number of hydrogen-bond donors (Lipinski definition) is 2. The number of rotatable bonds is 5. The average Bonchev–Trinajstić information content (AvgIpc) is 2.61. The molecule has 1 fully saturated rings. The first-order valence-corrected chi connectivity index (χ1v) is 9.23. The molecule has 2 aromatic carbocycles. The van der Waals surface area contributed by atoms with E-state index in [2.05, 4.69) is 43.3 Å². The lowest BCUT2D eigenvalue weighted by atomic mass is 9.67. The number of nitrogens with zero attached hydrogens (tertiary/aromatic N) is 1. The zero-order chi connectivity index (χ0) is 17.9. The van der Waals surface area contributed by atoms with Crippen LogP contribution in [0.15, 0.2) is 54.6 Å². The molecule has 0 radical (unpaired) electrons. The molecule has 0 saturated heterocycles. The number of hydrogen-bond acceptors (Lipinski definition) is 3. The molecule has 0 bridgehead atoms. The minimum absolute atomic E-state index is 0.168. The van der Waals surface area contributed by atoms with Crippen LogP contribution in [0.5, 0.6) is 5.75 Å². The van der Waals surface area contributed by atoms with Gasteiger partial charge >= 0.3 is 0 Å². The van der Waals surface area contributed by atoms with Crippen LogP contribution < -0.4 is 0 Å². The summed E-state index contributed by atoms with van der Waals surface area (Å²) in [5, 5.41) is 21.3. The zero-order valence-electron chi connectivity index (χ0n) is 15.2. The van der Waals surface area contributed by atoms with Crippen LogP contribution in [0.2, 0.25) is 0 Å². The fourth-order valence-corrected chi connectivity index (χ4v) is 4.34. The minimum atomic E-state index is -0.838. The first-order chi connectivity index (χ1) is 12.0. The normalized spacial score (nSPS) is 25.0. The number of aliphatic hydroxyl groups is 1. The van der Waals surface area contributed by atoms with Gasteiger partial charge in [0.2, 0.25) is 0 Å². The Morgan fingerprint density at radius 1 is 1.04 bits per heavy atom. The molecule has 3 unspecified atom stereocenters. The quantitative estimate of drug-likeness (QED) is 0.867. The molecule has 0 spiro atoms. The van der Waals surface area contributed by atoms with E-state index in [4.69, 9.17) is 0 Å². The van der Waals surface area contributed by atoms with Crippen molar-refractivity contribution in [1.29, 1.82) is 0 Å². The minimum Gasteiger partial charge on any atom is -0.508 e. The summed E-state index contributed by atoms with van der Waals surface area (Å²) in [5.74, 6) is 0.411. The monoisotopic (exact) mass is 339 g/mol. The van der Waals surface area contributed by atoms with E-state index < -0.39 is 5.60 Å². The zero-order valence-corrected chi connectivity index (χ0v) is 15.2. The Bertz CT molecular complexity index is 668. The smallest absolute Gasteiger partial charge is 0.115 e. The summed E-state index contributed by atoms with van der Waals surface area (Å²) in [7, 11) is 4.22. The third-order valence-corrected chi connectivity index (χ3v) is 5.72. The summed E-state index contributed by atoms with van der Waals surface area (Å²) in [6.07, 6.45) is 4.93. The molecule has 25 heavy (non-hydrogen) atoms. The average molecular weight is 339 g/mol. The van der Waals surface area contributed by atoms with Crippen molar-refractivity contribution in [2.24, 2.45) is 5.92 Å². The van der Waals surface area contributed by atoms with Crippen LogP contribution in [-0.2, 0) is 12.0 Å². The summed E-state index contributed by atoms with van der Waals surface area (Å²) in [6, 6.07) is 17.9. The second-order valence-corrected chi connectivity index (χ2v) is 7.54. The van der Waals surface area contributed by atoms with Crippen molar-refractivity contribution >= 4 is 0 Å². The van der Waals surface area contributed by atoms with Crippen molar-refractivity contribution in [3.05, 3.63) is 65.7 Å². The second-order valence-electron chi connectivity index (χ2n) is 7.54. The standard InChI is InChI=1S/C22H29NO2/c1-23(2)21(16-17-8-4-3-5-9-17)20-10-6-7-15-22(20,25)18-11-13-19(24)14-12-18/h3-5,8-9,11-14,20-21,24-25H,6-7,10,15-16H2,1-2H3. The number of benzene rings is 2. The van der Waals surface area contributed by atoms with Gasteiger partial charge in [-0.05, 0) is 56.6 Å². The molecule has 0 amide bonds. The molecule has 1 saturated carbocycles. The summed E-state index contributed by atoms with van der Waals surface area (Å²) in [5.41, 5.74) is 1.39. The van der Waals surface area contributed by atoms with Gasteiger partial charge < -0.3 is 15.1 Å². The highest BCUT2D eigenvalue weighted by molar-refractivity contribution is 5.31. The molecule has 0 aliphatic heterocycles. The van der Waals surface area contributed by atoms with Crippen LogP contribution >= 0.6 is 0 Å². The predicted octanol–water partition coefficient (Wildman–Crippen LogP) is 3.94. The first-order valence-electron chi connectivity index (χ1n) is 9.23. The van der Waals surface area contributed by atoms with Crippen LogP contribution in [0.3, 0.4) is 0 Å². The second kappa shape index (κ2) is 7.59. The molecular formula is C22H29NO2. The molecule has 1 aliphatic carbocycles. The van der Waals surface area contributed by atoms with Gasteiger partial charge in [-0.25, -0.2) is 0 Å². The Morgan fingerprint density at radius 3 is 2.36 bits per heavy atom. The van der Waals surface area contributed by atoms with E-state index in [1.165, 1.54) is 5.56 Å². The SMILES string of the molecule is CN(C)C(Cc1ccccc1)C1CCCCC1(O)c1ccc(O)cc1. The van der Waals surface area contributed by atoms with Crippen LogP contribution in [0, 0.1) is 5.92 Å². The number of phenols is 1. The van der Waals surface area contributed by atoms with Crippen molar-refractivity contribution in [2.75, 3.05) is 14.1 Å². The highest BCUT2D eigenvalue weighted by atomic mass is 16.3. The van der Waals surface area contributed by atoms with Gasteiger partial charge in [0, 0.05) is 12.0 Å². The van der Waals surface area contributed by atoms with E-state index in [1.54, 1.807) is 12.1 Å². The lowest BCUT2D eigenvalue weighted by Gasteiger charge is -2.46. The van der Waals surface area contributed by atoms with Gasteiger partial charge in [-0.3, -0.25) is 0 Å². The van der Waals surface area contributed by atoms with Crippen LogP contribution in [0.4, 0.5) is 0 Å². The Kier molecular flexibility index (Phi) is 5.45. The van der Waals surface area contributed by atoms with Gasteiger partial charge in [-0.1, -0.05) is 55.3 Å². The van der Waals surface area contributed by atoms with Crippen LogP contribution in [0.1, 0.15) is 36.8 Å². The van der Waals surface area contributed by atoms with Crippen molar-refractivity contribution in [1.82, 2.24) is 4.90 Å². The first kappa shape index (κ1) is 18.0. The Hall–Kier alpha value is -1.84. The lowest BCUT2D eigenvalue weighted by molar-refractivity contribution is -0.0825. The van der Waals surface area contributed by atoms with E-state index >= 15 is 0 Å². The van der Waals surface area contributed by atoms with Crippen LogP contribution in [0.25, 0.3) is 0 Å². The Morgan fingerprint density at radius 2 is 1.72 bits per heavy atom. The van der Waals surface area contributed by atoms with Crippen molar-refractivity contribution < 1.29 is 10.2 Å². The van der Waals surface area contributed by atoms with Crippen LogP contribution in [-0.4, -0.2) is 35.3 Å². The molecule has 3 heteroatoms. The molecule has 2 N–H and O–H groups in total. The Balaban J connectivity index is 1.93. The van der Waals surface area contributed by atoms with E-state index in [0.717, 1.165) is 37.7 Å². The summed E-state index contributed by atoms with van der Waals surface area (Å²) < 4.78 is 0. The number of likely N-dealkylation sites (N-methyl/N-ethyl adjacent to an activating group) is 1. The molecule has 2 aromatic rings. The summed E-state index contributed by atoms with van der Waals surface area (Å²) >= 11 is 0.